The van der Waals surface area contributed by atoms with Gasteiger partial charge in [0.2, 0.25) is 0 Å². The lowest BCUT2D eigenvalue weighted by Gasteiger charge is -2.02. The van der Waals surface area contributed by atoms with Crippen molar-refractivity contribution < 1.29 is 4.79 Å². The lowest BCUT2D eigenvalue weighted by molar-refractivity contribution is 0.102. The summed E-state index contributed by atoms with van der Waals surface area (Å²) in [5.74, 6) is 0.111. The van der Waals surface area contributed by atoms with Gasteiger partial charge in [-0.05, 0) is 25.1 Å². The molecule has 0 atom stereocenters. The molecule has 0 N–H and O–H groups in total. The Morgan fingerprint density at radius 3 is 2.72 bits per heavy atom. The van der Waals surface area contributed by atoms with Crippen LogP contribution >= 0.6 is 11.3 Å². The molecular formula is C15H11NOS. The average Bonchev–Trinajstić information content (AvgIpc) is 2.87. The second kappa shape index (κ2) is 4.35. The summed E-state index contributed by atoms with van der Waals surface area (Å²) in [6.07, 6.45) is 1.80. The number of aromatic nitrogens is 1. The molecule has 2 aromatic heterocycles. The molecule has 0 aliphatic carbocycles. The highest BCUT2D eigenvalue weighted by atomic mass is 32.1. The molecule has 0 fully saturated rings. The summed E-state index contributed by atoms with van der Waals surface area (Å²) in [5, 5.41) is 1.12. The number of benzene rings is 1. The van der Waals surface area contributed by atoms with Gasteiger partial charge in [-0.1, -0.05) is 24.3 Å². The molecule has 88 valence electrons. The molecule has 0 spiro atoms. The first-order valence-electron chi connectivity index (χ1n) is 5.70. The molecule has 2 heterocycles. The van der Waals surface area contributed by atoms with Gasteiger partial charge in [0.15, 0.2) is 5.78 Å². The Morgan fingerprint density at radius 2 is 1.94 bits per heavy atom. The zero-order chi connectivity index (χ0) is 12.5. The molecule has 0 aliphatic heterocycles. The van der Waals surface area contributed by atoms with Crippen LogP contribution in [-0.4, -0.2) is 10.8 Å². The van der Waals surface area contributed by atoms with Gasteiger partial charge in [0, 0.05) is 22.0 Å². The van der Waals surface area contributed by atoms with Gasteiger partial charge in [-0.15, -0.1) is 11.3 Å². The van der Waals surface area contributed by atoms with Crippen molar-refractivity contribution in [1.29, 1.82) is 0 Å². The van der Waals surface area contributed by atoms with Crippen molar-refractivity contribution in [3.63, 3.8) is 0 Å². The van der Waals surface area contributed by atoms with Crippen LogP contribution in [0.25, 0.3) is 21.3 Å². The van der Waals surface area contributed by atoms with Crippen LogP contribution in [0.3, 0.4) is 0 Å². The van der Waals surface area contributed by atoms with E-state index in [1.54, 1.807) is 13.1 Å². The third-order valence-corrected chi connectivity index (χ3v) is 4.07. The first-order chi connectivity index (χ1) is 8.75. The van der Waals surface area contributed by atoms with Gasteiger partial charge < -0.3 is 0 Å². The maximum Gasteiger partial charge on any atom is 0.169 e. The number of thiophene rings is 1. The lowest BCUT2D eigenvalue weighted by atomic mass is 10.1. The van der Waals surface area contributed by atoms with Crippen molar-refractivity contribution in [2.75, 3.05) is 0 Å². The molecule has 1 aromatic carbocycles. The number of carbonyl (C=O) groups excluding carboxylic acids is 1. The van der Waals surface area contributed by atoms with Gasteiger partial charge >= 0.3 is 0 Å². The van der Waals surface area contributed by atoms with Gasteiger partial charge in [0.05, 0.1) is 10.4 Å². The van der Waals surface area contributed by atoms with E-state index in [0.29, 0.717) is 0 Å². The number of para-hydroxylation sites is 1. The second-order valence-electron chi connectivity index (χ2n) is 4.10. The fraction of sp³-hybridized carbons (Fsp3) is 0.0667. The van der Waals surface area contributed by atoms with Gasteiger partial charge in [-0.25, -0.2) is 0 Å². The van der Waals surface area contributed by atoms with E-state index in [2.05, 4.69) is 4.98 Å². The Hall–Kier alpha value is -2.00. The summed E-state index contributed by atoms with van der Waals surface area (Å²) in [6.45, 7) is 1.59. The number of Topliss-reactive ketones (excluding diaryl/α,β-unsaturated/α-hetero) is 1. The van der Waals surface area contributed by atoms with E-state index in [0.717, 1.165) is 26.2 Å². The van der Waals surface area contributed by atoms with Crippen LogP contribution in [-0.2, 0) is 0 Å². The largest absolute Gasteiger partial charge is 0.294 e. The average molecular weight is 253 g/mol. The molecule has 0 saturated carbocycles. The monoisotopic (exact) mass is 253 g/mol. The van der Waals surface area contributed by atoms with Gasteiger partial charge in [-0.2, -0.15) is 0 Å². The first-order valence-corrected chi connectivity index (χ1v) is 6.52. The predicted molar refractivity (Wildman–Crippen MR) is 75.1 cm³/mol. The Labute approximate surface area is 109 Å². The van der Waals surface area contributed by atoms with Crippen molar-refractivity contribution in [3.05, 3.63) is 53.5 Å². The third kappa shape index (κ3) is 1.83. The predicted octanol–water partition coefficient (Wildman–Crippen LogP) is 4.17. The normalized spacial score (nSPS) is 10.7. The Bertz CT molecular complexity index is 725. The molecule has 0 aliphatic rings. The number of hydrogen-bond acceptors (Lipinski definition) is 3. The van der Waals surface area contributed by atoms with Crippen LogP contribution in [0, 0.1) is 0 Å². The van der Waals surface area contributed by atoms with Gasteiger partial charge in [0.25, 0.3) is 0 Å². The molecule has 0 bridgehead atoms. The van der Waals surface area contributed by atoms with Crippen molar-refractivity contribution in [3.8, 4) is 10.4 Å². The summed E-state index contributed by atoms with van der Waals surface area (Å²) in [7, 11) is 0. The minimum atomic E-state index is 0.111. The fourth-order valence-electron chi connectivity index (χ4n) is 1.97. The SMILES string of the molecule is CC(=O)c1ccc(-c2cccc3cccnc23)s1. The summed E-state index contributed by atoms with van der Waals surface area (Å²) in [4.78, 5) is 17.7. The van der Waals surface area contributed by atoms with Crippen molar-refractivity contribution in [2.45, 2.75) is 6.92 Å². The maximum absolute atomic E-state index is 11.3. The van der Waals surface area contributed by atoms with Crippen LogP contribution in [0.1, 0.15) is 16.6 Å². The molecule has 2 nitrogen and oxygen atoms in total. The summed E-state index contributed by atoms with van der Waals surface area (Å²) in [6, 6.07) is 14.0. The molecule has 0 unspecified atom stereocenters. The molecule has 3 heteroatoms. The van der Waals surface area contributed by atoms with Crippen LogP contribution in [0.5, 0.6) is 0 Å². The van der Waals surface area contributed by atoms with E-state index < -0.39 is 0 Å². The van der Waals surface area contributed by atoms with Crippen LogP contribution in [0.15, 0.2) is 48.7 Å². The molecule has 18 heavy (non-hydrogen) atoms. The topological polar surface area (TPSA) is 30.0 Å². The van der Waals surface area contributed by atoms with E-state index in [9.17, 15) is 4.79 Å². The van der Waals surface area contributed by atoms with Gasteiger partial charge in [-0.3, -0.25) is 9.78 Å². The second-order valence-corrected chi connectivity index (χ2v) is 5.18. The standard InChI is InChI=1S/C15H11NOS/c1-10(17)13-7-8-14(18-13)12-6-2-4-11-5-3-9-16-15(11)12/h2-9H,1H3. The number of hydrogen-bond donors (Lipinski definition) is 0. The Kier molecular flexibility index (Phi) is 2.68. The lowest BCUT2D eigenvalue weighted by Crippen LogP contribution is -1.83. The minimum Gasteiger partial charge on any atom is -0.294 e. The molecule has 3 rings (SSSR count). The minimum absolute atomic E-state index is 0.111. The highest BCUT2D eigenvalue weighted by Gasteiger charge is 2.09. The zero-order valence-electron chi connectivity index (χ0n) is 9.88. The number of rotatable bonds is 2. The van der Waals surface area contributed by atoms with E-state index >= 15 is 0 Å². The van der Waals surface area contributed by atoms with Crippen molar-refractivity contribution in [1.82, 2.24) is 4.98 Å². The van der Waals surface area contributed by atoms with Crippen LogP contribution in [0.2, 0.25) is 0 Å². The molecule has 3 aromatic rings. The number of carbonyl (C=O) groups is 1. The molecular weight excluding hydrogens is 242 g/mol. The summed E-state index contributed by atoms with van der Waals surface area (Å²) < 4.78 is 0. The molecule has 0 saturated heterocycles. The van der Waals surface area contributed by atoms with E-state index in [-0.39, 0.29) is 5.78 Å². The Morgan fingerprint density at radius 1 is 1.11 bits per heavy atom. The third-order valence-electron chi connectivity index (χ3n) is 2.85. The van der Waals surface area contributed by atoms with E-state index in [4.69, 9.17) is 0 Å². The quantitative estimate of drug-likeness (QED) is 0.642. The first kappa shape index (κ1) is 11.1. The highest BCUT2D eigenvalue weighted by Crippen LogP contribution is 2.32. The molecule has 0 radical (unpaired) electrons. The maximum atomic E-state index is 11.3. The number of fused-ring (bicyclic) bond motifs is 1. The summed E-state index contributed by atoms with van der Waals surface area (Å²) >= 11 is 1.52. The zero-order valence-corrected chi connectivity index (χ0v) is 10.7. The van der Waals surface area contributed by atoms with Crippen LogP contribution < -0.4 is 0 Å². The number of ketones is 1. The smallest absolute Gasteiger partial charge is 0.169 e. The van der Waals surface area contributed by atoms with E-state index in [1.165, 1.54) is 11.3 Å². The van der Waals surface area contributed by atoms with Gasteiger partial charge in [0.1, 0.15) is 0 Å². The Balaban J connectivity index is 2.21. The van der Waals surface area contributed by atoms with E-state index in [1.807, 2.05) is 42.5 Å². The number of nitrogens with zero attached hydrogens (tertiary/aromatic N) is 1. The highest BCUT2D eigenvalue weighted by molar-refractivity contribution is 7.17. The van der Waals surface area contributed by atoms with Crippen molar-refractivity contribution in [2.24, 2.45) is 0 Å². The molecule has 0 amide bonds. The fourth-order valence-corrected chi connectivity index (χ4v) is 2.90. The summed E-state index contributed by atoms with van der Waals surface area (Å²) in [5.41, 5.74) is 2.07. The van der Waals surface area contributed by atoms with Crippen molar-refractivity contribution >= 4 is 28.0 Å². The van der Waals surface area contributed by atoms with Crippen LogP contribution in [0.4, 0.5) is 0 Å². The number of pyridine rings is 1.